The molecule has 6 nitrogen and oxygen atoms in total. The minimum absolute atomic E-state index is 0.00383. The minimum Gasteiger partial charge on any atom is -0.506 e. The number of aromatic nitrogens is 1. The highest BCUT2D eigenvalue weighted by Crippen LogP contribution is 2.35. The Balaban J connectivity index is 1.80. The Morgan fingerprint density at radius 2 is 2.30 bits per heavy atom. The summed E-state index contributed by atoms with van der Waals surface area (Å²) in [5.74, 6) is -0.280. The molecule has 106 valence electrons. The van der Waals surface area contributed by atoms with Crippen LogP contribution in [0.15, 0.2) is 18.3 Å². The van der Waals surface area contributed by atoms with Crippen LogP contribution in [0.4, 0.5) is 0 Å². The molecule has 6 heteroatoms. The van der Waals surface area contributed by atoms with Crippen LogP contribution in [0, 0.1) is 0 Å². The lowest BCUT2D eigenvalue weighted by Gasteiger charge is -2.38. The second-order valence-corrected chi connectivity index (χ2v) is 5.55. The Morgan fingerprint density at radius 1 is 1.45 bits per heavy atom. The van der Waals surface area contributed by atoms with Crippen molar-refractivity contribution in [2.45, 2.75) is 43.7 Å². The molecule has 1 aromatic heterocycles. The van der Waals surface area contributed by atoms with E-state index in [9.17, 15) is 14.7 Å². The number of fused-ring (bicyclic) bond motifs is 1. The average molecular weight is 275 g/mol. The van der Waals surface area contributed by atoms with E-state index in [4.69, 9.17) is 0 Å². The quantitative estimate of drug-likeness (QED) is 0.741. The van der Waals surface area contributed by atoms with Crippen LogP contribution in [0.2, 0.25) is 0 Å². The van der Waals surface area contributed by atoms with Gasteiger partial charge >= 0.3 is 0 Å². The molecule has 3 N–H and O–H groups in total. The largest absolute Gasteiger partial charge is 0.506 e. The summed E-state index contributed by atoms with van der Waals surface area (Å²) in [5.41, 5.74) is -0.229. The molecular weight excluding hydrogens is 258 g/mol. The van der Waals surface area contributed by atoms with Gasteiger partial charge in [-0.15, -0.1) is 0 Å². The monoisotopic (exact) mass is 275 g/mol. The van der Waals surface area contributed by atoms with Crippen LogP contribution in [0.25, 0.3) is 0 Å². The lowest BCUT2D eigenvalue weighted by Crippen LogP contribution is -2.57. The molecule has 2 fully saturated rings. The summed E-state index contributed by atoms with van der Waals surface area (Å²) in [7, 11) is 0. The molecule has 0 unspecified atom stereocenters. The van der Waals surface area contributed by atoms with Crippen LogP contribution in [0.1, 0.15) is 42.6 Å². The van der Waals surface area contributed by atoms with Gasteiger partial charge in [-0.25, -0.2) is 4.98 Å². The summed E-state index contributed by atoms with van der Waals surface area (Å²) >= 11 is 0. The second kappa shape index (κ2) is 4.77. The standard InChI is InChI=1S/C14H17N3O3/c18-9-4-5-10(15-8-9)13(20)17-14-6-2-1-3-11(14)16-12(19)7-14/h4-5,8,11,18H,1-3,6-7H2,(H,16,19)(H,17,20)/t11-,14+/m0/s1. The highest BCUT2D eigenvalue weighted by Gasteiger charge is 2.49. The summed E-state index contributed by atoms with van der Waals surface area (Å²) in [6.45, 7) is 0. The number of aromatic hydroxyl groups is 1. The fourth-order valence-electron chi connectivity index (χ4n) is 3.20. The Kier molecular flexibility index (Phi) is 3.08. The van der Waals surface area contributed by atoms with Gasteiger partial charge in [0.25, 0.3) is 5.91 Å². The fourth-order valence-corrected chi connectivity index (χ4v) is 3.20. The number of pyridine rings is 1. The third kappa shape index (κ3) is 2.21. The van der Waals surface area contributed by atoms with E-state index < -0.39 is 5.54 Å². The predicted octanol–water partition coefficient (Wildman–Crippen LogP) is 0.718. The molecule has 1 aromatic rings. The van der Waals surface area contributed by atoms with Gasteiger partial charge in [0.1, 0.15) is 11.4 Å². The normalized spacial score (nSPS) is 28.6. The van der Waals surface area contributed by atoms with Crippen molar-refractivity contribution < 1.29 is 14.7 Å². The number of carbonyl (C=O) groups is 2. The average Bonchev–Trinajstić information content (AvgIpc) is 2.74. The zero-order valence-electron chi connectivity index (χ0n) is 11.1. The summed E-state index contributed by atoms with van der Waals surface area (Å²) in [6.07, 6.45) is 5.36. The van der Waals surface area contributed by atoms with Gasteiger partial charge in [0.2, 0.25) is 5.91 Å². The molecule has 0 radical (unpaired) electrons. The number of amides is 2. The number of nitrogens with zero attached hydrogens (tertiary/aromatic N) is 1. The second-order valence-electron chi connectivity index (χ2n) is 5.55. The molecule has 2 aliphatic rings. The van der Waals surface area contributed by atoms with E-state index in [0.29, 0.717) is 6.42 Å². The molecule has 0 aromatic carbocycles. The Labute approximate surface area is 116 Å². The SMILES string of the molecule is O=C1C[C@]2(NC(=O)c3ccc(O)cn3)CCCC[C@@H]2N1. The summed E-state index contributed by atoms with van der Waals surface area (Å²) in [6, 6.07) is 2.92. The first-order valence-corrected chi connectivity index (χ1v) is 6.86. The van der Waals surface area contributed by atoms with Crippen molar-refractivity contribution in [1.29, 1.82) is 0 Å². The maximum Gasteiger partial charge on any atom is 0.270 e. The van der Waals surface area contributed by atoms with Crippen LogP contribution >= 0.6 is 0 Å². The van der Waals surface area contributed by atoms with Crippen LogP contribution in [-0.4, -0.2) is 33.5 Å². The van der Waals surface area contributed by atoms with Crippen molar-refractivity contribution in [3.63, 3.8) is 0 Å². The highest BCUT2D eigenvalue weighted by molar-refractivity contribution is 5.94. The van der Waals surface area contributed by atoms with Crippen LogP contribution in [0.5, 0.6) is 5.75 Å². The lowest BCUT2D eigenvalue weighted by atomic mass is 9.78. The molecule has 1 aliphatic heterocycles. The van der Waals surface area contributed by atoms with Gasteiger partial charge in [-0.05, 0) is 25.0 Å². The molecule has 2 heterocycles. The maximum atomic E-state index is 12.3. The molecule has 2 amide bonds. The number of carbonyl (C=O) groups excluding carboxylic acids is 2. The van der Waals surface area contributed by atoms with Gasteiger partial charge in [-0.1, -0.05) is 12.8 Å². The van der Waals surface area contributed by atoms with E-state index in [0.717, 1.165) is 25.7 Å². The van der Waals surface area contributed by atoms with E-state index in [-0.39, 0.29) is 29.3 Å². The molecule has 3 rings (SSSR count). The van der Waals surface area contributed by atoms with Crippen molar-refractivity contribution >= 4 is 11.8 Å². The minimum atomic E-state index is -0.480. The van der Waals surface area contributed by atoms with E-state index in [1.807, 2.05) is 0 Å². The predicted molar refractivity (Wildman–Crippen MR) is 71.1 cm³/mol. The van der Waals surface area contributed by atoms with Crippen molar-refractivity contribution in [3.05, 3.63) is 24.0 Å². The molecule has 2 atom stereocenters. The summed E-state index contributed by atoms with van der Waals surface area (Å²) < 4.78 is 0. The summed E-state index contributed by atoms with van der Waals surface area (Å²) in [4.78, 5) is 27.8. The van der Waals surface area contributed by atoms with Gasteiger partial charge in [0, 0.05) is 0 Å². The van der Waals surface area contributed by atoms with Crippen molar-refractivity contribution in [2.75, 3.05) is 0 Å². The van der Waals surface area contributed by atoms with Crippen molar-refractivity contribution in [2.24, 2.45) is 0 Å². The van der Waals surface area contributed by atoms with Gasteiger partial charge in [-0.3, -0.25) is 9.59 Å². The zero-order chi connectivity index (χ0) is 14.2. The first-order chi connectivity index (χ1) is 9.59. The van der Waals surface area contributed by atoms with Crippen molar-refractivity contribution in [1.82, 2.24) is 15.6 Å². The molecule has 0 bridgehead atoms. The smallest absolute Gasteiger partial charge is 0.270 e. The van der Waals surface area contributed by atoms with Gasteiger partial charge in [0.05, 0.1) is 24.2 Å². The highest BCUT2D eigenvalue weighted by atomic mass is 16.3. The van der Waals surface area contributed by atoms with Gasteiger partial charge < -0.3 is 15.7 Å². The van der Waals surface area contributed by atoms with Gasteiger partial charge in [0.15, 0.2) is 0 Å². The van der Waals surface area contributed by atoms with E-state index in [1.54, 1.807) is 0 Å². The molecule has 1 saturated carbocycles. The Bertz CT molecular complexity index is 543. The van der Waals surface area contributed by atoms with Crippen LogP contribution in [-0.2, 0) is 4.79 Å². The lowest BCUT2D eigenvalue weighted by molar-refractivity contribution is -0.119. The van der Waals surface area contributed by atoms with Crippen LogP contribution < -0.4 is 10.6 Å². The van der Waals surface area contributed by atoms with Crippen molar-refractivity contribution in [3.8, 4) is 5.75 Å². The first-order valence-electron chi connectivity index (χ1n) is 6.86. The third-order valence-electron chi connectivity index (χ3n) is 4.19. The van der Waals surface area contributed by atoms with Gasteiger partial charge in [-0.2, -0.15) is 0 Å². The molecule has 1 aliphatic carbocycles. The fraction of sp³-hybridized carbons (Fsp3) is 0.500. The molecule has 0 spiro atoms. The van der Waals surface area contributed by atoms with E-state index in [2.05, 4.69) is 15.6 Å². The zero-order valence-corrected chi connectivity index (χ0v) is 11.1. The number of rotatable bonds is 2. The Hall–Kier alpha value is -2.11. The Morgan fingerprint density at radius 3 is 3.05 bits per heavy atom. The van der Waals surface area contributed by atoms with E-state index >= 15 is 0 Å². The summed E-state index contributed by atoms with van der Waals surface area (Å²) in [5, 5.41) is 15.1. The first kappa shape index (κ1) is 12.9. The number of hydrogen-bond donors (Lipinski definition) is 3. The molecular formula is C14H17N3O3. The van der Waals surface area contributed by atoms with Crippen LogP contribution in [0.3, 0.4) is 0 Å². The number of hydrogen-bond acceptors (Lipinski definition) is 4. The molecule has 1 saturated heterocycles. The van der Waals surface area contributed by atoms with E-state index in [1.165, 1.54) is 18.3 Å². The maximum absolute atomic E-state index is 12.3. The number of nitrogens with one attached hydrogen (secondary N) is 2. The topological polar surface area (TPSA) is 91.3 Å². The third-order valence-corrected chi connectivity index (χ3v) is 4.19. The molecule has 20 heavy (non-hydrogen) atoms.